The molecule has 35 heavy (non-hydrogen) atoms. The highest BCUT2D eigenvalue weighted by atomic mass is 19.3. The predicted molar refractivity (Wildman–Crippen MR) is 113 cm³/mol. The van der Waals surface area contributed by atoms with Crippen LogP contribution in [-0.2, 0) is 21.4 Å². The second-order valence-corrected chi connectivity index (χ2v) is 8.75. The van der Waals surface area contributed by atoms with E-state index >= 15 is 4.39 Å². The van der Waals surface area contributed by atoms with Gasteiger partial charge in [-0.3, -0.25) is 4.79 Å². The van der Waals surface area contributed by atoms with E-state index in [4.69, 9.17) is 15.2 Å². The number of nitrogens with two attached hydrogens (primary N) is 1. The van der Waals surface area contributed by atoms with Gasteiger partial charge in [0.25, 0.3) is 6.02 Å². The summed E-state index contributed by atoms with van der Waals surface area (Å²) in [6, 6.07) is 4.63. The van der Waals surface area contributed by atoms with E-state index in [2.05, 4.69) is 19.5 Å². The fourth-order valence-electron chi connectivity index (χ4n) is 4.73. The van der Waals surface area contributed by atoms with Crippen molar-refractivity contribution < 1.29 is 41.3 Å². The lowest BCUT2D eigenvalue weighted by Crippen LogP contribution is -2.55. The number of carbonyl (C=O) groups is 1. The molecule has 3 aliphatic heterocycles. The summed E-state index contributed by atoms with van der Waals surface area (Å²) in [5, 5.41) is 0. The highest BCUT2D eigenvalue weighted by molar-refractivity contribution is 5.96. The number of carbonyl (C=O) groups excluding carboxylic acids is 1. The number of ether oxygens (including phenoxy) is 4. The number of hydrogen-bond donors (Lipinski definition) is 1. The van der Waals surface area contributed by atoms with Crippen LogP contribution in [0, 0.1) is 11.7 Å². The highest BCUT2D eigenvalue weighted by Gasteiger charge is 2.53. The average molecular weight is 495 g/mol. The number of alkyl halides is 3. The molecule has 0 spiro atoms. The summed E-state index contributed by atoms with van der Waals surface area (Å²) < 4.78 is 76.2. The first-order chi connectivity index (χ1) is 16.6. The van der Waals surface area contributed by atoms with Crippen LogP contribution in [0.5, 0.6) is 11.5 Å². The van der Waals surface area contributed by atoms with Gasteiger partial charge in [-0.15, -0.1) is 8.78 Å². The zero-order valence-electron chi connectivity index (χ0n) is 18.5. The van der Waals surface area contributed by atoms with Gasteiger partial charge < -0.3 is 24.7 Å². The van der Waals surface area contributed by atoms with Crippen LogP contribution in [0.2, 0.25) is 0 Å². The van der Waals surface area contributed by atoms with E-state index in [0.29, 0.717) is 12.0 Å². The molecule has 2 aromatic rings. The van der Waals surface area contributed by atoms with Gasteiger partial charge in [0.05, 0.1) is 24.8 Å². The number of Topliss-reactive ketones (excluding diaryl/α,β-unsaturated/α-hetero) is 1. The molecule has 4 atom stereocenters. The molecule has 0 saturated carbocycles. The SMILES string of the molecule is C[C@@H]1C[C@H]2OC(N)=N[C@](CF)(c3cc(CC(=O)c4cc5c(cn4)OC(F)(F)O5)ccc3F)[C@H]2CO1. The lowest BCUT2D eigenvalue weighted by Gasteiger charge is -2.46. The van der Waals surface area contributed by atoms with Gasteiger partial charge in [-0.2, -0.15) is 0 Å². The highest BCUT2D eigenvalue weighted by Crippen LogP contribution is 2.45. The third kappa shape index (κ3) is 4.15. The fourth-order valence-corrected chi connectivity index (χ4v) is 4.73. The van der Waals surface area contributed by atoms with Crippen LogP contribution in [-0.4, -0.2) is 48.6 Å². The van der Waals surface area contributed by atoms with Crippen LogP contribution in [0.25, 0.3) is 0 Å². The van der Waals surface area contributed by atoms with Gasteiger partial charge in [0.1, 0.15) is 29.8 Å². The molecule has 1 aromatic heterocycles. The van der Waals surface area contributed by atoms with Gasteiger partial charge in [0, 0.05) is 24.5 Å². The maximum atomic E-state index is 15.1. The maximum Gasteiger partial charge on any atom is 0.586 e. The van der Waals surface area contributed by atoms with Crippen LogP contribution in [0.15, 0.2) is 35.5 Å². The van der Waals surface area contributed by atoms with E-state index in [9.17, 15) is 18.0 Å². The predicted octanol–water partition coefficient (Wildman–Crippen LogP) is 3.27. The van der Waals surface area contributed by atoms with E-state index in [1.54, 1.807) is 0 Å². The van der Waals surface area contributed by atoms with Gasteiger partial charge in [-0.05, 0) is 24.6 Å². The van der Waals surface area contributed by atoms with Gasteiger partial charge in [0.2, 0.25) is 0 Å². The Labute approximate surface area is 197 Å². The molecule has 0 amide bonds. The van der Waals surface area contributed by atoms with E-state index in [0.717, 1.165) is 18.3 Å². The van der Waals surface area contributed by atoms with Crippen molar-refractivity contribution >= 4 is 11.8 Å². The topological polar surface area (TPSA) is 105 Å². The normalized spacial score (nSPS) is 28.6. The molecular formula is C23H21F4N3O5. The molecule has 2 N–H and O–H groups in total. The van der Waals surface area contributed by atoms with Gasteiger partial charge in [0.15, 0.2) is 17.3 Å². The first kappa shape index (κ1) is 23.3. The Morgan fingerprint density at radius 2 is 2.00 bits per heavy atom. The minimum atomic E-state index is -3.84. The van der Waals surface area contributed by atoms with Crippen molar-refractivity contribution in [2.45, 2.75) is 43.8 Å². The summed E-state index contributed by atoms with van der Waals surface area (Å²) in [4.78, 5) is 20.8. The van der Waals surface area contributed by atoms with E-state index in [1.165, 1.54) is 12.1 Å². The van der Waals surface area contributed by atoms with E-state index < -0.39 is 42.1 Å². The van der Waals surface area contributed by atoms with Crippen molar-refractivity contribution in [3.63, 3.8) is 0 Å². The van der Waals surface area contributed by atoms with Crippen LogP contribution < -0.4 is 15.2 Å². The number of benzene rings is 1. The molecule has 4 heterocycles. The third-order valence-electron chi connectivity index (χ3n) is 6.41. The number of aliphatic imine (C=N–C) groups is 1. The number of rotatable bonds is 5. The lowest BCUT2D eigenvalue weighted by molar-refractivity contribution is -0.286. The van der Waals surface area contributed by atoms with Crippen molar-refractivity contribution in [3.05, 3.63) is 53.1 Å². The monoisotopic (exact) mass is 495 g/mol. The number of halogens is 4. The molecule has 1 aromatic carbocycles. The number of pyridine rings is 1. The Morgan fingerprint density at radius 3 is 2.77 bits per heavy atom. The van der Waals surface area contributed by atoms with E-state index in [1.807, 2.05) is 6.92 Å². The molecule has 3 aliphatic rings. The quantitative estimate of drug-likeness (QED) is 0.502. The molecule has 12 heteroatoms. The second kappa shape index (κ2) is 8.36. The third-order valence-corrected chi connectivity index (χ3v) is 6.41. The average Bonchev–Trinajstić information content (AvgIpc) is 3.12. The Morgan fingerprint density at radius 1 is 1.23 bits per heavy atom. The molecule has 8 nitrogen and oxygen atoms in total. The smallest absolute Gasteiger partial charge is 0.462 e. The lowest BCUT2D eigenvalue weighted by atomic mass is 9.73. The van der Waals surface area contributed by atoms with Gasteiger partial charge >= 0.3 is 6.29 Å². The number of nitrogens with zero attached hydrogens (tertiary/aromatic N) is 2. The van der Waals surface area contributed by atoms with Crippen molar-refractivity contribution in [1.82, 2.24) is 4.98 Å². The molecule has 1 saturated heterocycles. The number of amidine groups is 1. The van der Waals surface area contributed by atoms with Crippen LogP contribution >= 0.6 is 0 Å². The Bertz CT molecular complexity index is 1210. The Kier molecular flexibility index (Phi) is 5.58. The summed E-state index contributed by atoms with van der Waals surface area (Å²) in [7, 11) is 0. The number of aromatic nitrogens is 1. The Hall–Kier alpha value is -3.41. The summed E-state index contributed by atoms with van der Waals surface area (Å²) in [6.07, 6.45) is -3.40. The van der Waals surface area contributed by atoms with Crippen LogP contribution in [0.4, 0.5) is 17.6 Å². The van der Waals surface area contributed by atoms with Crippen molar-refractivity contribution in [2.24, 2.45) is 16.6 Å². The first-order valence-electron chi connectivity index (χ1n) is 10.9. The molecule has 186 valence electrons. The second-order valence-electron chi connectivity index (χ2n) is 8.75. The summed E-state index contributed by atoms with van der Waals surface area (Å²) in [6.45, 7) is 0.861. The summed E-state index contributed by atoms with van der Waals surface area (Å²) in [5.41, 5.74) is 4.25. The van der Waals surface area contributed by atoms with Crippen LogP contribution in [0.3, 0.4) is 0 Å². The summed E-state index contributed by atoms with van der Waals surface area (Å²) in [5.74, 6) is -2.55. The number of fused-ring (bicyclic) bond motifs is 2. The molecule has 5 rings (SSSR count). The van der Waals surface area contributed by atoms with Crippen LogP contribution in [0.1, 0.15) is 35.0 Å². The van der Waals surface area contributed by atoms with Crippen molar-refractivity contribution in [2.75, 3.05) is 13.3 Å². The molecular weight excluding hydrogens is 474 g/mol. The standard InChI is InChI=1S/C23H21F4N3O5/c1-11-4-18-14(9-32-11)22(10-24,30-21(28)33-18)13-5-12(2-3-15(13)25)6-17(31)16-7-19-20(8-29-16)35-23(26,27)34-19/h2-3,5,7-8,11,14,18H,4,6,9-10H2,1H3,(H2,28,30)/t11-,14+,18-,22-/m1/s1. The minimum absolute atomic E-state index is 0.0806. The molecule has 0 bridgehead atoms. The zero-order valence-corrected chi connectivity index (χ0v) is 18.5. The first-order valence-corrected chi connectivity index (χ1v) is 10.9. The summed E-state index contributed by atoms with van der Waals surface area (Å²) >= 11 is 0. The van der Waals surface area contributed by atoms with E-state index in [-0.39, 0.29) is 47.9 Å². The largest absolute Gasteiger partial charge is 0.586 e. The molecule has 0 radical (unpaired) electrons. The van der Waals surface area contributed by atoms with Gasteiger partial charge in [-0.1, -0.05) is 6.07 Å². The van der Waals surface area contributed by atoms with Crippen molar-refractivity contribution in [1.29, 1.82) is 0 Å². The number of ketones is 1. The fraction of sp³-hybridized carbons (Fsp3) is 0.435. The maximum absolute atomic E-state index is 15.1. The molecule has 0 aliphatic carbocycles. The zero-order chi connectivity index (χ0) is 25.0. The molecule has 0 unspecified atom stereocenters. The Balaban J connectivity index is 1.45. The van der Waals surface area contributed by atoms with Crippen molar-refractivity contribution in [3.8, 4) is 11.5 Å². The minimum Gasteiger partial charge on any atom is -0.462 e. The van der Waals surface area contributed by atoms with Gasteiger partial charge in [-0.25, -0.2) is 18.8 Å². The number of hydrogen-bond acceptors (Lipinski definition) is 8. The molecule has 1 fully saturated rings.